The maximum atomic E-state index is 12.1. The molecule has 5 nitrogen and oxygen atoms in total. The van der Waals surface area contributed by atoms with Crippen molar-refractivity contribution in [2.75, 3.05) is 0 Å². The molecule has 0 aliphatic carbocycles. The molecule has 0 radical (unpaired) electrons. The lowest BCUT2D eigenvalue weighted by Gasteiger charge is -2.19. The summed E-state index contributed by atoms with van der Waals surface area (Å²) in [7, 11) is 0. The van der Waals surface area contributed by atoms with Crippen LogP contribution in [0, 0.1) is 0 Å². The molecule has 0 spiro atoms. The largest absolute Gasteiger partial charge is 0.460 e. The molecular formula is C25H24ClN3O2. The van der Waals surface area contributed by atoms with Gasteiger partial charge >= 0.3 is 5.97 Å². The molecule has 0 saturated heterocycles. The minimum atomic E-state index is -0.477. The smallest absolute Gasteiger partial charge is 0.306 e. The van der Waals surface area contributed by atoms with Crippen molar-refractivity contribution in [3.63, 3.8) is 0 Å². The number of nitrogens with zero attached hydrogens (tertiary/aromatic N) is 3. The van der Waals surface area contributed by atoms with Crippen molar-refractivity contribution in [2.45, 2.75) is 39.2 Å². The fourth-order valence-corrected chi connectivity index (χ4v) is 3.79. The van der Waals surface area contributed by atoms with Crippen molar-refractivity contribution < 1.29 is 9.53 Å². The van der Waals surface area contributed by atoms with E-state index >= 15 is 0 Å². The topological polar surface area (TPSA) is 57.0 Å². The Morgan fingerprint density at radius 1 is 1.06 bits per heavy atom. The van der Waals surface area contributed by atoms with Crippen LogP contribution in [-0.2, 0) is 16.0 Å². The van der Waals surface area contributed by atoms with Crippen LogP contribution in [0.15, 0.2) is 67.1 Å². The zero-order chi connectivity index (χ0) is 22.0. The number of aryl methyl sites for hydroxylation is 1. The molecule has 2 heterocycles. The normalized spacial score (nSPS) is 11.6. The summed E-state index contributed by atoms with van der Waals surface area (Å²) < 4.78 is 7.44. The van der Waals surface area contributed by atoms with Gasteiger partial charge in [0.25, 0.3) is 0 Å². The Labute approximate surface area is 186 Å². The van der Waals surface area contributed by atoms with Crippen LogP contribution in [-0.4, -0.2) is 26.1 Å². The minimum Gasteiger partial charge on any atom is -0.460 e. The summed E-state index contributed by atoms with van der Waals surface area (Å²) in [4.78, 5) is 20.8. The monoisotopic (exact) mass is 433 g/mol. The van der Waals surface area contributed by atoms with Crippen LogP contribution in [0.5, 0.6) is 0 Å². The predicted octanol–water partition coefficient (Wildman–Crippen LogP) is 6.02. The predicted molar refractivity (Wildman–Crippen MR) is 123 cm³/mol. The number of hydrogen-bond acceptors (Lipinski definition) is 4. The molecule has 4 aromatic rings. The summed E-state index contributed by atoms with van der Waals surface area (Å²) >= 11 is 6.49. The Hall–Kier alpha value is -3.18. The van der Waals surface area contributed by atoms with Crippen LogP contribution < -0.4 is 0 Å². The van der Waals surface area contributed by atoms with E-state index in [1.165, 1.54) is 6.33 Å². The van der Waals surface area contributed by atoms with Crippen molar-refractivity contribution in [1.29, 1.82) is 0 Å². The molecule has 0 fully saturated rings. The van der Waals surface area contributed by atoms with Crippen LogP contribution in [0.25, 0.3) is 27.8 Å². The molecule has 0 aliphatic rings. The number of ether oxygens (including phenoxy) is 1. The SMILES string of the molecule is CC(C)(C)OC(=O)CCc1cccc(-c2cn(-c3ccccc3)c3ncnc(Cl)c23)c1. The average Bonchev–Trinajstić information content (AvgIpc) is 3.13. The highest BCUT2D eigenvalue weighted by Crippen LogP contribution is 2.35. The van der Waals surface area contributed by atoms with Crippen LogP contribution in [0.1, 0.15) is 32.8 Å². The molecule has 158 valence electrons. The van der Waals surface area contributed by atoms with Crippen molar-refractivity contribution >= 4 is 28.6 Å². The molecule has 0 saturated carbocycles. The highest BCUT2D eigenvalue weighted by molar-refractivity contribution is 6.35. The number of rotatable bonds is 5. The number of esters is 1. The van der Waals surface area contributed by atoms with E-state index in [2.05, 4.69) is 16.0 Å². The number of aromatic nitrogens is 3. The van der Waals surface area contributed by atoms with E-state index in [9.17, 15) is 4.79 Å². The summed E-state index contributed by atoms with van der Waals surface area (Å²) in [5, 5.41) is 1.21. The number of benzene rings is 2. The van der Waals surface area contributed by atoms with Gasteiger partial charge in [-0.25, -0.2) is 9.97 Å². The fraction of sp³-hybridized carbons (Fsp3) is 0.240. The van der Waals surface area contributed by atoms with Gasteiger partial charge in [-0.1, -0.05) is 54.1 Å². The number of halogens is 1. The second-order valence-electron chi connectivity index (χ2n) is 8.40. The maximum absolute atomic E-state index is 12.1. The molecule has 0 N–H and O–H groups in total. The lowest BCUT2D eigenvalue weighted by Crippen LogP contribution is -2.24. The van der Waals surface area contributed by atoms with Crippen LogP contribution in [0.2, 0.25) is 5.15 Å². The van der Waals surface area contributed by atoms with E-state index < -0.39 is 5.60 Å². The quantitative estimate of drug-likeness (QED) is 0.285. The lowest BCUT2D eigenvalue weighted by atomic mass is 10.0. The lowest BCUT2D eigenvalue weighted by molar-refractivity contribution is -0.154. The van der Waals surface area contributed by atoms with E-state index in [0.717, 1.165) is 33.4 Å². The van der Waals surface area contributed by atoms with Crippen LogP contribution in [0.4, 0.5) is 0 Å². The highest BCUT2D eigenvalue weighted by atomic mass is 35.5. The highest BCUT2D eigenvalue weighted by Gasteiger charge is 2.18. The van der Waals surface area contributed by atoms with E-state index in [1.807, 2.05) is 80.1 Å². The third-order valence-corrected chi connectivity index (χ3v) is 5.13. The molecule has 2 aromatic carbocycles. The second kappa shape index (κ2) is 8.52. The summed E-state index contributed by atoms with van der Waals surface area (Å²) in [6, 6.07) is 18.1. The first-order valence-corrected chi connectivity index (χ1v) is 10.6. The summed E-state index contributed by atoms with van der Waals surface area (Å²) in [5.74, 6) is -0.199. The molecule has 0 unspecified atom stereocenters. The van der Waals surface area contributed by atoms with E-state index in [0.29, 0.717) is 18.0 Å². The van der Waals surface area contributed by atoms with Gasteiger partial charge in [-0.05, 0) is 50.5 Å². The van der Waals surface area contributed by atoms with E-state index in [-0.39, 0.29) is 5.97 Å². The van der Waals surface area contributed by atoms with Gasteiger partial charge in [-0.15, -0.1) is 0 Å². The number of carbonyl (C=O) groups excluding carboxylic acids is 1. The number of carbonyl (C=O) groups is 1. The molecular weight excluding hydrogens is 410 g/mol. The minimum absolute atomic E-state index is 0.199. The second-order valence-corrected chi connectivity index (χ2v) is 8.76. The van der Waals surface area contributed by atoms with Crippen molar-refractivity contribution in [3.05, 3.63) is 77.8 Å². The van der Waals surface area contributed by atoms with Gasteiger partial charge in [0, 0.05) is 23.9 Å². The molecule has 0 aliphatic heterocycles. The van der Waals surface area contributed by atoms with Gasteiger partial charge in [0.15, 0.2) is 0 Å². The summed E-state index contributed by atoms with van der Waals surface area (Å²) in [6.45, 7) is 5.62. The van der Waals surface area contributed by atoms with Crippen molar-refractivity contribution in [3.8, 4) is 16.8 Å². The standard InChI is InChI=1S/C25H24ClN3O2/c1-25(2,3)31-21(30)13-12-17-8-7-9-18(14-17)20-15-29(19-10-5-4-6-11-19)24-22(20)23(26)27-16-28-24/h4-11,14-16H,12-13H2,1-3H3. The van der Waals surface area contributed by atoms with Gasteiger partial charge in [-0.3, -0.25) is 4.79 Å². The number of fused-ring (bicyclic) bond motifs is 1. The first kappa shape index (κ1) is 21.1. The first-order valence-electron chi connectivity index (χ1n) is 10.2. The van der Waals surface area contributed by atoms with Gasteiger partial charge < -0.3 is 9.30 Å². The van der Waals surface area contributed by atoms with Crippen LogP contribution >= 0.6 is 11.6 Å². The van der Waals surface area contributed by atoms with Crippen molar-refractivity contribution in [2.24, 2.45) is 0 Å². The maximum Gasteiger partial charge on any atom is 0.306 e. The molecule has 4 rings (SSSR count). The molecule has 2 aromatic heterocycles. The van der Waals surface area contributed by atoms with E-state index in [4.69, 9.17) is 16.3 Å². The van der Waals surface area contributed by atoms with Crippen LogP contribution in [0.3, 0.4) is 0 Å². The van der Waals surface area contributed by atoms with Gasteiger partial charge in [-0.2, -0.15) is 0 Å². The Kier molecular flexibility index (Phi) is 5.79. The third kappa shape index (κ3) is 4.78. The van der Waals surface area contributed by atoms with Gasteiger partial charge in [0.1, 0.15) is 22.7 Å². The zero-order valence-electron chi connectivity index (χ0n) is 17.8. The Bertz CT molecular complexity index is 1230. The Morgan fingerprint density at radius 2 is 1.84 bits per heavy atom. The molecule has 31 heavy (non-hydrogen) atoms. The number of hydrogen-bond donors (Lipinski definition) is 0. The summed E-state index contributed by atoms with van der Waals surface area (Å²) in [6.07, 6.45) is 4.44. The van der Waals surface area contributed by atoms with Gasteiger partial charge in [0.05, 0.1) is 5.39 Å². The Morgan fingerprint density at radius 3 is 2.58 bits per heavy atom. The number of para-hydroxylation sites is 1. The first-order chi connectivity index (χ1) is 14.8. The third-order valence-electron chi connectivity index (χ3n) is 4.85. The van der Waals surface area contributed by atoms with Gasteiger partial charge in [0.2, 0.25) is 0 Å². The molecule has 0 bridgehead atoms. The molecule has 0 atom stereocenters. The zero-order valence-corrected chi connectivity index (χ0v) is 18.6. The fourth-order valence-electron chi connectivity index (χ4n) is 3.56. The average molecular weight is 434 g/mol. The molecule has 0 amide bonds. The Balaban J connectivity index is 1.70. The summed E-state index contributed by atoms with van der Waals surface area (Å²) in [5.41, 5.74) is 4.27. The molecule has 6 heteroatoms. The van der Waals surface area contributed by atoms with Crippen molar-refractivity contribution in [1.82, 2.24) is 14.5 Å². The van der Waals surface area contributed by atoms with E-state index in [1.54, 1.807) is 0 Å².